The zero-order valence-electron chi connectivity index (χ0n) is 15.3. The van der Waals surface area contributed by atoms with Gasteiger partial charge in [-0.1, -0.05) is 60.7 Å². The van der Waals surface area contributed by atoms with Crippen molar-refractivity contribution in [3.05, 3.63) is 71.8 Å². The Kier molecular flexibility index (Phi) is 6.59. The van der Waals surface area contributed by atoms with Gasteiger partial charge in [-0.25, -0.2) is 0 Å². The Morgan fingerprint density at radius 1 is 0.926 bits per heavy atom. The van der Waals surface area contributed by atoms with Crippen LogP contribution in [0.2, 0.25) is 0 Å². The molecule has 3 N–H and O–H groups in total. The highest BCUT2D eigenvalue weighted by Gasteiger charge is 2.52. The maximum absolute atomic E-state index is 10.7. The predicted octanol–water partition coefficient (Wildman–Crippen LogP) is 1.62. The highest BCUT2D eigenvalue weighted by atomic mass is 16.7. The van der Waals surface area contributed by atoms with Crippen molar-refractivity contribution in [3.63, 3.8) is 0 Å². The van der Waals surface area contributed by atoms with Crippen LogP contribution in [0, 0.1) is 0 Å². The van der Waals surface area contributed by atoms with Gasteiger partial charge in [0.1, 0.15) is 24.4 Å². The highest BCUT2D eigenvalue weighted by Crippen LogP contribution is 2.33. The minimum Gasteiger partial charge on any atom is -0.394 e. The molecule has 0 saturated carbocycles. The van der Waals surface area contributed by atoms with Crippen molar-refractivity contribution in [3.8, 4) is 0 Å². The SMILES string of the molecule is CC1(O)O[C@H](CO)[C@@H](O)[C@H](OCc2ccccc2)[C@H]1OCc1ccccc1. The second kappa shape index (κ2) is 8.93. The lowest BCUT2D eigenvalue weighted by molar-refractivity contribution is -0.357. The molecule has 6 nitrogen and oxygen atoms in total. The summed E-state index contributed by atoms with van der Waals surface area (Å²) >= 11 is 0. The van der Waals surface area contributed by atoms with Crippen molar-refractivity contribution in [1.82, 2.24) is 0 Å². The van der Waals surface area contributed by atoms with Gasteiger partial charge in [-0.2, -0.15) is 0 Å². The molecule has 0 spiro atoms. The zero-order valence-corrected chi connectivity index (χ0v) is 15.3. The first-order chi connectivity index (χ1) is 13.0. The predicted molar refractivity (Wildman–Crippen MR) is 98.6 cm³/mol. The molecular formula is C21H26O6. The molecule has 6 heteroatoms. The maximum atomic E-state index is 10.7. The molecule has 27 heavy (non-hydrogen) atoms. The summed E-state index contributed by atoms with van der Waals surface area (Å²) in [4.78, 5) is 0. The van der Waals surface area contributed by atoms with Crippen LogP contribution < -0.4 is 0 Å². The van der Waals surface area contributed by atoms with E-state index in [-0.39, 0.29) is 13.2 Å². The van der Waals surface area contributed by atoms with Crippen LogP contribution in [0.3, 0.4) is 0 Å². The molecule has 1 aliphatic rings. The molecule has 0 amide bonds. The Balaban J connectivity index is 1.76. The standard InChI is InChI=1S/C21H26O6/c1-21(24)20(26-14-16-10-6-3-7-11-16)19(18(23)17(12-22)27-21)25-13-15-8-4-2-5-9-15/h2-11,17-20,22-24H,12-14H2,1H3/t17-,18-,19+,20-,21?/m1/s1. The van der Waals surface area contributed by atoms with Crippen LogP contribution in [0.25, 0.3) is 0 Å². The van der Waals surface area contributed by atoms with Gasteiger partial charge < -0.3 is 29.5 Å². The fourth-order valence-electron chi connectivity index (χ4n) is 3.25. The fourth-order valence-corrected chi connectivity index (χ4v) is 3.25. The first-order valence-corrected chi connectivity index (χ1v) is 9.01. The van der Waals surface area contributed by atoms with Crippen LogP contribution in [-0.2, 0) is 27.4 Å². The minimum atomic E-state index is -1.72. The fraction of sp³-hybridized carbons (Fsp3) is 0.429. The molecule has 2 aromatic rings. The van der Waals surface area contributed by atoms with E-state index in [1.807, 2.05) is 60.7 Å². The van der Waals surface area contributed by atoms with Gasteiger partial charge in [-0.3, -0.25) is 0 Å². The third kappa shape index (κ3) is 4.93. The molecule has 1 fully saturated rings. The smallest absolute Gasteiger partial charge is 0.192 e. The van der Waals surface area contributed by atoms with Gasteiger partial charge in [0.15, 0.2) is 5.79 Å². The van der Waals surface area contributed by atoms with Gasteiger partial charge in [0.05, 0.1) is 19.8 Å². The lowest BCUT2D eigenvalue weighted by Crippen LogP contribution is -2.65. The minimum absolute atomic E-state index is 0.229. The Bertz CT molecular complexity index is 690. The summed E-state index contributed by atoms with van der Waals surface area (Å²) in [5.41, 5.74) is 1.85. The zero-order chi connectivity index (χ0) is 19.3. The number of benzene rings is 2. The number of aliphatic hydroxyl groups is 3. The van der Waals surface area contributed by atoms with E-state index in [0.29, 0.717) is 0 Å². The maximum Gasteiger partial charge on any atom is 0.192 e. The molecule has 3 rings (SSSR count). The molecule has 0 aromatic heterocycles. The van der Waals surface area contributed by atoms with Crippen molar-refractivity contribution in [2.24, 2.45) is 0 Å². The van der Waals surface area contributed by atoms with E-state index < -0.39 is 36.8 Å². The lowest BCUT2D eigenvalue weighted by atomic mass is 9.93. The average Bonchev–Trinajstić information content (AvgIpc) is 2.69. The Morgan fingerprint density at radius 3 is 1.96 bits per heavy atom. The van der Waals surface area contributed by atoms with Crippen molar-refractivity contribution in [1.29, 1.82) is 0 Å². The van der Waals surface area contributed by atoms with Gasteiger partial charge in [0, 0.05) is 0 Å². The van der Waals surface area contributed by atoms with E-state index in [0.717, 1.165) is 11.1 Å². The topological polar surface area (TPSA) is 88.4 Å². The summed E-state index contributed by atoms with van der Waals surface area (Å²) in [6.07, 6.45) is -3.90. The van der Waals surface area contributed by atoms with E-state index in [1.54, 1.807) is 0 Å². The molecule has 1 heterocycles. The Morgan fingerprint density at radius 2 is 1.44 bits per heavy atom. The van der Waals surface area contributed by atoms with E-state index in [1.165, 1.54) is 6.92 Å². The molecule has 2 aromatic carbocycles. The first-order valence-electron chi connectivity index (χ1n) is 9.01. The average molecular weight is 374 g/mol. The van der Waals surface area contributed by atoms with E-state index >= 15 is 0 Å². The largest absolute Gasteiger partial charge is 0.394 e. The number of ether oxygens (including phenoxy) is 3. The van der Waals surface area contributed by atoms with Crippen LogP contribution in [0.4, 0.5) is 0 Å². The van der Waals surface area contributed by atoms with E-state index in [4.69, 9.17) is 14.2 Å². The van der Waals surface area contributed by atoms with Crippen molar-refractivity contribution >= 4 is 0 Å². The number of aliphatic hydroxyl groups excluding tert-OH is 2. The normalized spacial score (nSPS) is 31.0. The molecule has 0 bridgehead atoms. The molecule has 0 radical (unpaired) electrons. The molecule has 0 aliphatic carbocycles. The quantitative estimate of drug-likeness (QED) is 0.683. The van der Waals surface area contributed by atoms with Crippen molar-refractivity contribution < 1.29 is 29.5 Å². The number of rotatable bonds is 7. The monoisotopic (exact) mass is 374 g/mol. The summed E-state index contributed by atoms with van der Waals surface area (Å²) in [6, 6.07) is 19.0. The van der Waals surface area contributed by atoms with Crippen LogP contribution in [0.5, 0.6) is 0 Å². The Labute approximate surface area is 158 Å². The third-order valence-corrected chi connectivity index (χ3v) is 4.67. The van der Waals surface area contributed by atoms with Gasteiger partial charge in [-0.05, 0) is 18.1 Å². The third-order valence-electron chi connectivity index (χ3n) is 4.67. The Hall–Kier alpha value is -1.80. The highest BCUT2D eigenvalue weighted by molar-refractivity contribution is 5.14. The molecule has 146 valence electrons. The van der Waals surface area contributed by atoms with Crippen LogP contribution in [0.15, 0.2) is 60.7 Å². The summed E-state index contributed by atoms with van der Waals surface area (Å²) in [5.74, 6) is -1.72. The van der Waals surface area contributed by atoms with E-state index in [2.05, 4.69) is 0 Å². The van der Waals surface area contributed by atoms with Crippen LogP contribution in [0.1, 0.15) is 18.1 Å². The summed E-state index contributed by atoms with van der Waals surface area (Å²) in [5, 5.41) is 30.9. The first kappa shape index (κ1) is 19.9. The van der Waals surface area contributed by atoms with Gasteiger partial charge in [-0.15, -0.1) is 0 Å². The second-order valence-electron chi connectivity index (χ2n) is 6.86. The number of hydrogen-bond acceptors (Lipinski definition) is 6. The van der Waals surface area contributed by atoms with Crippen molar-refractivity contribution in [2.75, 3.05) is 6.61 Å². The second-order valence-corrected chi connectivity index (χ2v) is 6.86. The summed E-state index contributed by atoms with van der Waals surface area (Å²) in [6.45, 7) is 1.48. The summed E-state index contributed by atoms with van der Waals surface area (Å²) < 4.78 is 17.3. The summed E-state index contributed by atoms with van der Waals surface area (Å²) in [7, 11) is 0. The molecule has 1 unspecified atom stereocenters. The number of hydrogen-bond donors (Lipinski definition) is 3. The lowest BCUT2D eigenvalue weighted by Gasteiger charge is -2.47. The van der Waals surface area contributed by atoms with Crippen LogP contribution >= 0.6 is 0 Å². The van der Waals surface area contributed by atoms with Crippen LogP contribution in [-0.4, -0.2) is 52.1 Å². The molecule has 5 atom stereocenters. The molecule has 1 aliphatic heterocycles. The van der Waals surface area contributed by atoms with Gasteiger partial charge in [0.25, 0.3) is 0 Å². The van der Waals surface area contributed by atoms with E-state index in [9.17, 15) is 15.3 Å². The van der Waals surface area contributed by atoms with Gasteiger partial charge >= 0.3 is 0 Å². The molecular weight excluding hydrogens is 348 g/mol. The van der Waals surface area contributed by atoms with Gasteiger partial charge in [0.2, 0.25) is 0 Å². The molecule has 1 saturated heterocycles. The van der Waals surface area contributed by atoms with Crippen molar-refractivity contribution in [2.45, 2.75) is 50.3 Å².